The summed E-state index contributed by atoms with van der Waals surface area (Å²) in [6.45, 7) is 4.99. The van der Waals surface area contributed by atoms with Crippen LogP contribution in [0.1, 0.15) is 19.4 Å². The van der Waals surface area contributed by atoms with E-state index in [0.29, 0.717) is 18.8 Å². The number of nitrogens with zero attached hydrogens (tertiary/aromatic N) is 4. The van der Waals surface area contributed by atoms with Gasteiger partial charge in [-0.1, -0.05) is 19.1 Å². The van der Waals surface area contributed by atoms with E-state index in [4.69, 9.17) is 4.74 Å². The highest BCUT2D eigenvalue weighted by Crippen LogP contribution is 2.36. The molecule has 0 amide bonds. The first kappa shape index (κ1) is 25.2. The minimum Gasteiger partial charge on any atom is -0.487 e. The van der Waals surface area contributed by atoms with Gasteiger partial charge in [-0.05, 0) is 61.0 Å². The summed E-state index contributed by atoms with van der Waals surface area (Å²) in [4.78, 5) is 10.5. The molecule has 186 valence electrons. The van der Waals surface area contributed by atoms with E-state index in [2.05, 4.69) is 14.9 Å². The average Bonchev–Trinajstić information content (AvgIpc) is 2.86. The van der Waals surface area contributed by atoms with Crippen molar-refractivity contribution in [3.63, 3.8) is 0 Å². The third kappa shape index (κ3) is 5.70. The van der Waals surface area contributed by atoms with Gasteiger partial charge >= 0.3 is 0 Å². The Kier molecular flexibility index (Phi) is 7.81. The predicted octanol–water partition coefficient (Wildman–Crippen LogP) is 3.04. The van der Waals surface area contributed by atoms with Crippen molar-refractivity contribution in [2.45, 2.75) is 37.4 Å². The lowest BCUT2D eigenvalue weighted by molar-refractivity contribution is 0.0734. The molecule has 3 aromatic rings. The van der Waals surface area contributed by atoms with E-state index in [0.717, 1.165) is 16.7 Å². The molecule has 2 aromatic heterocycles. The fourth-order valence-corrected chi connectivity index (χ4v) is 6.17. The van der Waals surface area contributed by atoms with Crippen molar-refractivity contribution in [3.8, 4) is 16.9 Å². The second-order valence-electron chi connectivity index (χ2n) is 9.20. The number of hydrogen-bond donors (Lipinski definition) is 1. The van der Waals surface area contributed by atoms with Gasteiger partial charge in [0.15, 0.2) is 0 Å². The SMILES string of the molecule is C[C@@H]1CN([C@H](C)CO)S(=O)(=O)c2ccc(-c3ccncc3)cc2O[C@@H]1CN(C)Cc1cccnc1. The van der Waals surface area contributed by atoms with Gasteiger partial charge < -0.3 is 9.84 Å². The van der Waals surface area contributed by atoms with E-state index < -0.39 is 16.1 Å². The molecule has 3 heterocycles. The van der Waals surface area contributed by atoms with Crippen molar-refractivity contribution < 1.29 is 18.3 Å². The van der Waals surface area contributed by atoms with Crippen molar-refractivity contribution >= 4 is 10.0 Å². The molecular formula is C26H32N4O4S. The van der Waals surface area contributed by atoms with Crippen molar-refractivity contribution in [1.29, 1.82) is 0 Å². The summed E-state index contributed by atoms with van der Waals surface area (Å²) in [5.74, 6) is 0.202. The molecule has 1 N–H and O–H groups in total. The van der Waals surface area contributed by atoms with Gasteiger partial charge in [0.2, 0.25) is 10.0 Å². The van der Waals surface area contributed by atoms with Crippen LogP contribution in [0.25, 0.3) is 11.1 Å². The molecule has 0 spiro atoms. The smallest absolute Gasteiger partial charge is 0.247 e. The first-order chi connectivity index (χ1) is 16.8. The van der Waals surface area contributed by atoms with Crippen LogP contribution in [0.15, 0.2) is 72.1 Å². The molecule has 0 saturated carbocycles. The van der Waals surface area contributed by atoms with Crippen LogP contribution < -0.4 is 4.74 Å². The Bertz CT molecular complexity index is 1220. The fourth-order valence-electron chi connectivity index (χ4n) is 4.34. The molecule has 4 rings (SSSR count). The van der Waals surface area contributed by atoms with Crippen LogP contribution in [0.5, 0.6) is 5.75 Å². The third-order valence-corrected chi connectivity index (χ3v) is 8.37. The van der Waals surface area contributed by atoms with Crippen molar-refractivity contribution in [1.82, 2.24) is 19.2 Å². The molecule has 0 fully saturated rings. The normalized spacial score (nSPS) is 20.9. The molecule has 3 atom stereocenters. The Hall–Kier alpha value is -2.85. The van der Waals surface area contributed by atoms with Crippen LogP contribution in [0.4, 0.5) is 0 Å². The van der Waals surface area contributed by atoms with Crippen LogP contribution in [-0.4, -0.2) is 71.6 Å². The maximum atomic E-state index is 13.6. The Labute approximate surface area is 207 Å². The summed E-state index contributed by atoms with van der Waals surface area (Å²) in [7, 11) is -1.86. The molecular weight excluding hydrogens is 464 g/mol. The summed E-state index contributed by atoms with van der Waals surface area (Å²) in [6.07, 6.45) is 6.72. The quantitative estimate of drug-likeness (QED) is 0.537. The van der Waals surface area contributed by atoms with Gasteiger partial charge in [0.1, 0.15) is 16.7 Å². The zero-order valence-corrected chi connectivity index (χ0v) is 21.1. The van der Waals surface area contributed by atoms with Crippen molar-refractivity contribution in [2.75, 3.05) is 26.7 Å². The minimum absolute atomic E-state index is 0.113. The largest absolute Gasteiger partial charge is 0.487 e. The minimum atomic E-state index is -3.87. The Balaban J connectivity index is 1.72. The van der Waals surface area contributed by atoms with Crippen molar-refractivity contribution in [3.05, 3.63) is 72.8 Å². The van der Waals surface area contributed by atoms with E-state index in [1.54, 1.807) is 43.7 Å². The lowest BCUT2D eigenvalue weighted by Crippen LogP contribution is -2.49. The van der Waals surface area contributed by atoms with Gasteiger partial charge in [0.05, 0.1) is 6.61 Å². The maximum absolute atomic E-state index is 13.6. The Morgan fingerprint density at radius 1 is 1.14 bits per heavy atom. The molecule has 0 bridgehead atoms. The third-order valence-electron chi connectivity index (χ3n) is 6.35. The molecule has 35 heavy (non-hydrogen) atoms. The number of hydrogen-bond acceptors (Lipinski definition) is 7. The molecule has 1 aliphatic rings. The Morgan fingerprint density at radius 3 is 2.60 bits per heavy atom. The molecule has 8 nitrogen and oxygen atoms in total. The maximum Gasteiger partial charge on any atom is 0.247 e. The number of fused-ring (bicyclic) bond motifs is 1. The van der Waals surface area contributed by atoms with Gasteiger partial charge in [0, 0.05) is 56.4 Å². The summed E-state index contributed by atoms with van der Waals surface area (Å²) < 4.78 is 35.2. The highest BCUT2D eigenvalue weighted by molar-refractivity contribution is 7.89. The highest BCUT2D eigenvalue weighted by Gasteiger charge is 2.38. The first-order valence-electron chi connectivity index (χ1n) is 11.7. The number of benzene rings is 1. The van der Waals surface area contributed by atoms with Gasteiger partial charge in [-0.15, -0.1) is 0 Å². The lowest BCUT2D eigenvalue weighted by Gasteiger charge is -2.37. The number of ether oxygens (including phenoxy) is 1. The summed E-state index contributed by atoms with van der Waals surface area (Å²) in [5, 5.41) is 9.83. The van der Waals surface area contributed by atoms with E-state index >= 15 is 0 Å². The highest BCUT2D eigenvalue weighted by atomic mass is 32.2. The molecule has 0 unspecified atom stereocenters. The number of sulfonamides is 1. The predicted molar refractivity (Wildman–Crippen MR) is 134 cm³/mol. The first-order valence-corrected chi connectivity index (χ1v) is 13.1. The molecule has 1 aliphatic heterocycles. The average molecular weight is 497 g/mol. The van der Waals surface area contributed by atoms with Gasteiger partial charge in [0.25, 0.3) is 0 Å². The zero-order valence-electron chi connectivity index (χ0n) is 20.3. The second-order valence-corrected chi connectivity index (χ2v) is 11.1. The van der Waals surface area contributed by atoms with Gasteiger partial charge in [-0.3, -0.25) is 14.9 Å². The number of aliphatic hydroxyl groups is 1. The molecule has 9 heteroatoms. The summed E-state index contributed by atoms with van der Waals surface area (Å²) in [6, 6.07) is 12.3. The number of aliphatic hydroxyl groups excluding tert-OH is 1. The topological polar surface area (TPSA) is 95.9 Å². The van der Waals surface area contributed by atoms with E-state index in [-0.39, 0.29) is 30.1 Å². The Morgan fingerprint density at radius 2 is 1.91 bits per heavy atom. The summed E-state index contributed by atoms with van der Waals surface area (Å²) >= 11 is 0. The molecule has 0 saturated heterocycles. The van der Waals surface area contributed by atoms with Gasteiger partial charge in [-0.25, -0.2) is 8.42 Å². The number of likely N-dealkylation sites (N-methyl/N-ethyl adjacent to an activating group) is 1. The van der Waals surface area contributed by atoms with Gasteiger partial charge in [-0.2, -0.15) is 4.31 Å². The molecule has 0 radical (unpaired) electrons. The molecule has 1 aromatic carbocycles. The standard InChI is InChI=1S/C26H32N4O4S/c1-19-15-30(20(2)18-31)35(32,33)26-7-6-23(22-8-11-27-12-9-22)13-24(26)34-25(19)17-29(3)16-21-5-4-10-28-14-21/h4-14,19-20,25,31H,15-18H2,1-3H3/t19-,20-,25-/m1/s1. The van der Waals surface area contributed by atoms with Crippen LogP contribution in [0.2, 0.25) is 0 Å². The van der Waals surface area contributed by atoms with E-state index in [1.165, 1.54) is 4.31 Å². The second kappa shape index (κ2) is 10.8. The van der Waals surface area contributed by atoms with E-state index in [9.17, 15) is 13.5 Å². The number of rotatable bonds is 7. The van der Waals surface area contributed by atoms with Crippen LogP contribution in [0.3, 0.4) is 0 Å². The monoisotopic (exact) mass is 496 g/mol. The zero-order chi connectivity index (χ0) is 25.0. The number of pyridine rings is 2. The summed E-state index contributed by atoms with van der Waals surface area (Å²) in [5.41, 5.74) is 2.86. The van der Waals surface area contributed by atoms with Crippen LogP contribution in [-0.2, 0) is 16.6 Å². The van der Waals surface area contributed by atoms with Crippen LogP contribution in [0, 0.1) is 5.92 Å². The van der Waals surface area contributed by atoms with Crippen LogP contribution >= 0.6 is 0 Å². The molecule has 0 aliphatic carbocycles. The lowest BCUT2D eigenvalue weighted by atomic mass is 10.0. The van der Waals surface area contributed by atoms with E-state index in [1.807, 2.05) is 44.4 Å². The fraction of sp³-hybridized carbons (Fsp3) is 0.385. The van der Waals surface area contributed by atoms with Crippen molar-refractivity contribution in [2.24, 2.45) is 5.92 Å². The number of aromatic nitrogens is 2.